The second-order valence-electron chi connectivity index (χ2n) is 6.16. The Balaban J connectivity index is 2.13. The SMILES string of the molecule is COC(=O)c1cc(OC)c(OC)c(OC)c1NS(=O)(=O)c1ccc2c(c1)NC(=O)CO2. The standard InChI is InChI=1S/C19H20N2O9S/c1-26-14-8-11(19(23)29-4)16(18(28-3)17(14)27-2)21-31(24,25)10-5-6-13-12(7-10)20-15(22)9-30-13/h5-8,21H,9H2,1-4H3,(H,20,22). The molecule has 0 radical (unpaired) electrons. The molecule has 0 saturated heterocycles. The zero-order chi connectivity index (χ0) is 22.8. The van der Waals surface area contributed by atoms with Gasteiger partial charge in [0.15, 0.2) is 18.1 Å². The van der Waals surface area contributed by atoms with Crippen LogP contribution in [-0.4, -0.2) is 55.3 Å². The highest BCUT2D eigenvalue weighted by Gasteiger charge is 2.29. The molecule has 0 fully saturated rings. The lowest BCUT2D eigenvalue weighted by molar-refractivity contribution is -0.118. The van der Waals surface area contributed by atoms with Crippen molar-refractivity contribution in [3.63, 3.8) is 0 Å². The van der Waals surface area contributed by atoms with Crippen molar-refractivity contribution in [2.24, 2.45) is 0 Å². The molecule has 12 heteroatoms. The molecule has 3 rings (SSSR count). The zero-order valence-electron chi connectivity index (χ0n) is 17.1. The Kier molecular flexibility index (Phi) is 6.11. The van der Waals surface area contributed by atoms with Crippen molar-refractivity contribution in [1.29, 1.82) is 0 Å². The molecular formula is C19H20N2O9S. The fraction of sp³-hybridized carbons (Fsp3) is 0.263. The van der Waals surface area contributed by atoms with Crippen LogP contribution in [0.3, 0.4) is 0 Å². The van der Waals surface area contributed by atoms with Crippen LogP contribution in [0.2, 0.25) is 0 Å². The van der Waals surface area contributed by atoms with Crippen LogP contribution in [-0.2, 0) is 19.6 Å². The molecule has 0 saturated carbocycles. The van der Waals surface area contributed by atoms with Crippen LogP contribution in [0.25, 0.3) is 0 Å². The van der Waals surface area contributed by atoms with Crippen molar-refractivity contribution < 1.29 is 41.7 Å². The predicted molar refractivity (Wildman–Crippen MR) is 109 cm³/mol. The molecule has 0 spiro atoms. The molecule has 1 heterocycles. The fourth-order valence-corrected chi connectivity index (χ4v) is 4.06. The zero-order valence-corrected chi connectivity index (χ0v) is 17.9. The molecular weight excluding hydrogens is 432 g/mol. The molecule has 31 heavy (non-hydrogen) atoms. The lowest BCUT2D eigenvalue weighted by atomic mass is 10.1. The molecule has 0 atom stereocenters. The molecule has 0 aliphatic carbocycles. The van der Waals surface area contributed by atoms with Crippen molar-refractivity contribution >= 4 is 33.3 Å². The van der Waals surface area contributed by atoms with Gasteiger partial charge in [-0.3, -0.25) is 9.52 Å². The maximum absolute atomic E-state index is 13.1. The number of hydrogen-bond acceptors (Lipinski definition) is 9. The molecule has 2 aromatic rings. The number of carbonyl (C=O) groups is 2. The highest BCUT2D eigenvalue weighted by molar-refractivity contribution is 7.92. The van der Waals surface area contributed by atoms with Crippen LogP contribution in [0.4, 0.5) is 11.4 Å². The third-order valence-electron chi connectivity index (χ3n) is 4.37. The van der Waals surface area contributed by atoms with E-state index in [9.17, 15) is 18.0 Å². The minimum absolute atomic E-state index is 0.0708. The second-order valence-corrected chi connectivity index (χ2v) is 7.84. The monoisotopic (exact) mass is 452 g/mol. The van der Waals surface area contributed by atoms with Gasteiger partial charge in [0.05, 0.1) is 44.6 Å². The quantitative estimate of drug-likeness (QED) is 0.600. The van der Waals surface area contributed by atoms with Gasteiger partial charge in [-0.15, -0.1) is 0 Å². The van der Waals surface area contributed by atoms with Crippen LogP contribution >= 0.6 is 0 Å². The number of benzene rings is 2. The van der Waals surface area contributed by atoms with Crippen LogP contribution in [0.1, 0.15) is 10.4 Å². The molecule has 166 valence electrons. The Hall–Kier alpha value is -3.67. The molecule has 1 aliphatic rings. The van der Waals surface area contributed by atoms with Crippen molar-refractivity contribution in [3.8, 4) is 23.0 Å². The molecule has 1 amide bonds. The number of methoxy groups -OCH3 is 4. The normalized spacial score (nSPS) is 12.7. The number of esters is 1. The van der Waals surface area contributed by atoms with Crippen LogP contribution in [0.5, 0.6) is 23.0 Å². The molecule has 0 unspecified atom stereocenters. The first-order valence-corrected chi connectivity index (χ1v) is 10.2. The van der Waals surface area contributed by atoms with E-state index in [0.717, 1.165) is 7.11 Å². The van der Waals surface area contributed by atoms with E-state index in [2.05, 4.69) is 10.0 Å². The van der Waals surface area contributed by atoms with Gasteiger partial charge >= 0.3 is 5.97 Å². The van der Waals surface area contributed by atoms with Gasteiger partial charge in [0.25, 0.3) is 15.9 Å². The summed E-state index contributed by atoms with van der Waals surface area (Å²) in [7, 11) is 0.871. The second kappa shape index (κ2) is 8.60. The summed E-state index contributed by atoms with van der Waals surface area (Å²) in [6.07, 6.45) is 0. The highest BCUT2D eigenvalue weighted by Crippen LogP contribution is 2.46. The first-order valence-electron chi connectivity index (χ1n) is 8.76. The number of fused-ring (bicyclic) bond motifs is 1. The van der Waals surface area contributed by atoms with E-state index >= 15 is 0 Å². The molecule has 2 aromatic carbocycles. The van der Waals surface area contributed by atoms with E-state index in [0.29, 0.717) is 5.75 Å². The van der Waals surface area contributed by atoms with Gasteiger partial charge in [0.1, 0.15) is 11.4 Å². The average molecular weight is 452 g/mol. The fourth-order valence-electron chi connectivity index (χ4n) is 2.95. The van der Waals surface area contributed by atoms with Crippen molar-refractivity contribution in [1.82, 2.24) is 0 Å². The summed E-state index contributed by atoms with van der Waals surface area (Å²) in [5, 5.41) is 2.54. The number of anilines is 2. The summed E-state index contributed by atoms with van der Waals surface area (Å²) in [5.74, 6) is -0.789. The third kappa shape index (κ3) is 4.14. The van der Waals surface area contributed by atoms with Crippen LogP contribution in [0.15, 0.2) is 29.2 Å². The van der Waals surface area contributed by atoms with Crippen LogP contribution < -0.4 is 29.0 Å². The van der Waals surface area contributed by atoms with Gasteiger partial charge in [-0.1, -0.05) is 0 Å². The van der Waals surface area contributed by atoms with Crippen molar-refractivity contribution in [2.75, 3.05) is 45.1 Å². The van der Waals surface area contributed by atoms with Gasteiger partial charge in [0, 0.05) is 6.07 Å². The van der Waals surface area contributed by atoms with Gasteiger partial charge in [-0.2, -0.15) is 0 Å². The summed E-state index contributed by atoms with van der Waals surface area (Å²) in [6.45, 7) is -0.164. The lowest BCUT2D eigenvalue weighted by Gasteiger charge is -2.21. The molecule has 0 aromatic heterocycles. The lowest BCUT2D eigenvalue weighted by Crippen LogP contribution is -2.26. The first-order chi connectivity index (χ1) is 14.7. The number of rotatable bonds is 7. The number of sulfonamides is 1. The summed E-state index contributed by atoms with van der Waals surface area (Å²) in [4.78, 5) is 23.7. The maximum Gasteiger partial charge on any atom is 0.340 e. The van der Waals surface area contributed by atoms with Gasteiger partial charge in [-0.25, -0.2) is 13.2 Å². The number of carbonyl (C=O) groups excluding carboxylic acids is 2. The van der Waals surface area contributed by atoms with Crippen molar-refractivity contribution in [2.45, 2.75) is 4.90 Å². The van der Waals surface area contributed by atoms with E-state index in [4.69, 9.17) is 23.7 Å². The summed E-state index contributed by atoms with van der Waals surface area (Å²) in [5.41, 5.74) is -0.160. The number of nitrogens with one attached hydrogen (secondary N) is 2. The average Bonchev–Trinajstić information content (AvgIpc) is 2.77. The van der Waals surface area contributed by atoms with Crippen molar-refractivity contribution in [3.05, 3.63) is 29.8 Å². The Morgan fingerprint density at radius 3 is 2.39 bits per heavy atom. The number of amides is 1. The van der Waals surface area contributed by atoms with Gasteiger partial charge in [0.2, 0.25) is 5.75 Å². The maximum atomic E-state index is 13.1. The molecule has 11 nitrogen and oxygen atoms in total. The molecule has 0 bridgehead atoms. The third-order valence-corrected chi connectivity index (χ3v) is 5.71. The van der Waals surface area contributed by atoms with Gasteiger partial charge < -0.3 is 29.0 Å². The predicted octanol–water partition coefficient (Wildman–Crippen LogP) is 1.63. The Morgan fingerprint density at radius 1 is 1.06 bits per heavy atom. The smallest absolute Gasteiger partial charge is 0.340 e. The Bertz CT molecular complexity index is 1150. The van der Waals surface area contributed by atoms with E-state index in [1.165, 1.54) is 45.6 Å². The first kappa shape index (κ1) is 22.0. The Morgan fingerprint density at radius 2 is 1.77 bits per heavy atom. The summed E-state index contributed by atoms with van der Waals surface area (Å²) in [6, 6.07) is 5.21. The summed E-state index contributed by atoms with van der Waals surface area (Å²) >= 11 is 0. The van der Waals surface area contributed by atoms with E-state index in [1.807, 2.05) is 0 Å². The largest absolute Gasteiger partial charge is 0.493 e. The molecule has 1 aliphatic heterocycles. The Labute approximate surface area is 178 Å². The number of hydrogen-bond donors (Lipinski definition) is 2. The summed E-state index contributed by atoms with van der Waals surface area (Å²) < 4.78 is 54.4. The van der Waals surface area contributed by atoms with E-state index < -0.39 is 21.9 Å². The minimum atomic E-state index is -4.25. The van der Waals surface area contributed by atoms with E-state index in [-0.39, 0.29) is 45.7 Å². The molecule has 2 N–H and O–H groups in total. The topological polar surface area (TPSA) is 138 Å². The highest BCUT2D eigenvalue weighted by atomic mass is 32.2. The number of ether oxygens (including phenoxy) is 5. The minimum Gasteiger partial charge on any atom is -0.493 e. The van der Waals surface area contributed by atoms with Gasteiger partial charge in [-0.05, 0) is 18.2 Å². The van der Waals surface area contributed by atoms with Crippen LogP contribution in [0, 0.1) is 0 Å². The van der Waals surface area contributed by atoms with E-state index in [1.54, 1.807) is 0 Å².